The van der Waals surface area contributed by atoms with E-state index in [2.05, 4.69) is 11.4 Å². The summed E-state index contributed by atoms with van der Waals surface area (Å²) in [4.78, 5) is 26.9. The molecule has 0 aromatic heterocycles. The highest BCUT2D eigenvalue weighted by atomic mass is 16.2. The summed E-state index contributed by atoms with van der Waals surface area (Å²) in [5.41, 5.74) is 2.43. The molecule has 0 aliphatic rings. The number of nitriles is 1. The molecule has 0 saturated carbocycles. The number of amides is 2. The van der Waals surface area contributed by atoms with Gasteiger partial charge in [-0.1, -0.05) is 50.2 Å². The second-order valence-electron chi connectivity index (χ2n) is 6.28. The van der Waals surface area contributed by atoms with Crippen LogP contribution in [-0.4, -0.2) is 36.3 Å². The number of carbonyl (C=O) groups excluding carboxylic acids is 2. The van der Waals surface area contributed by atoms with Crippen molar-refractivity contribution in [3.05, 3.63) is 59.7 Å². The second-order valence-corrected chi connectivity index (χ2v) is 6.28. The molecule has 2 amide bonds. The van der Waals surface area contributed by atoms with Crippen LogP contribution in [0, 0.1) is 11.3 Å². The molecule has 2 aromatic carbocycles. The number of hydrogen-bond acceptors (Lipinski definition) is 3. The van der Waals surface area contributed by atoms with Crippen molar-refractivity contribution in [3.63, 3.8) is 0 Å². The van der Waals surface area contributed by atoms with Gasteiger partial charge in [0.2, 0.25) is 5.91 Å². The van der Waals surface area contributed by atoms with E-state index in [1.54, 1.807) is 29.2 Å². The summed E-state index contributed by atoms with van der Waals surface area (Å²) >= 11 is 0. The highest BCUT2D eigenvalue weighted by Crippen LogP contribution is 2.27. The third-order valence-corrected chi connectivity index (χ3v) is 4.18. The van der Waals surface area contributed by atoms with Gasteiger partial charge in [0.1, 0.15) is 0 Å². The molecular formula is C22H25N3O2. The van der Waals surface area contributed by atoms with Crippen LogP contribution in [0.2, 0.25) is 0 Å². The van der Waals surface area contributed by atoms with Gasteiger partial charge in [-0.25, -0.2) is 0 Å². The van der Waals surface area contributed by atoms with Crippen molar-refractivity contribution in [3.8, 4) is 17.2 Å². The summed E-state index contributed by atoms with van der Waals surface area (Å²) in [6, 6.07) is 16.6. The Morgan fingerprint density at radius 2 is 1.67 bits per heavy atom. The number of benzene rings is 2. The Bertz CT molecular complexity index is 839. The van der Waals surface area contributed by atoms with Crippen LogP contribution in [0.1, 0.15) is 42.6 Å². The number of hydrogen-bond donors (Lipinski definition) is 1. The quantitative estimate of drug-likeness (QED) is 0.779. The van der Waals surface area contributed by atoms with Crippen LogP contribution < -0.4 is 5.32 Å². The van der Waals surface area contributed by atoms with Gasteiger partial charge in [-0.2, -0.15) is 5.26 Å². The molecular weight excluding hydrogens is 338 g/mol. The fourth-order valence-electron chi connectivity index (χ4n) is 2.91. The molecule has 0 unspecified atom stereocenters. The minimum absolute atomic E-state index is 0.0287. The summed E-state index contributed by atoms with van der Waals surface area (Å²) < 4.78 is 0. The zero-order valence-corrected chi connectivity index (χ0v) is 15.9. The molecule has 0 aliphatic heterocycles. The molecule has 0 spiro atoms. The summed E-state index contributed by atoms with van der Waals surface area (Å²) in [6.45, 7) is 5.08. The molecule has 27 heavy (non-hydrogen) atoms. The van der Waals surface area contributed by atoms with E-state index >= 15 is 0 Å². The minimum atomic E-state index is -0.202. The maximum Gasteiger partial charge on any atom is 0.254 e. The van der Waals surface area contributed by atoms with Gasteiger partial charge in [0.25, 0.3) is 5.91 Å². The van der Waals surface area contributed by atoms with Crippen LogP contribution in [0.3, 0.4) is 0 Å². The van der Waals surface area contributed by atoms with Gasteiger partial charge in [0, 0.05) is 24.2 Å². The Kier molecular flexibility index (Phi) is 7.57. The first-order chi connectivity index (χ1) is 13.1. The van der Waals surface area contributed by atoms with Crippen LogP contribution in [0.4, 0.5) is 0 Å². The van der Waals surface area contributed by atoms with E-state index in [1.165, 1.54) is 0 Å². The predicted octanol–water partition coefficient (Wildman–Crippen LogP) is 3.60. The highest BCUT2D eigenvalue weighted by molar-refractivity contribution is 6.02. The Morgan fingerprint density at radius 3 is 2.33 bits per heavy atom. The van der Waals surface area contributed by atoms with Crippen molar-refractivity contribution in [2.75, 3.05) is 19.6 Å². The van der Waals surface area contributed by atoms with Gasteiger partial charge in [-0.05, 0) is 30.5 Å². The average Bonchev–Trinajstić information content (AvgIpc) is 2.71. The van der Waals surface area contributed by atoms with Crippen LogP contribution in [-0.2, 0) is 4.79 Å². The van der Waals surface area contributed by atoms with Crippen molar-refractivity contribution < 1.29 is 9.59 Å². The lowest BCUT2D eigenvalue weighted by Crippen LogP contribution is -2.41. The SMILES string of the molecule is CCCNC(=O)CN(CCC)C(=O)c1ccccc1-c1ccccc1C#N. The molecule has 0 atom stereocenters. The van der Waals surface area contributed by atoms with Crippen molar-refractivity contribution >= 4 is 11.8 Å². The average molecular weight is 363 g/mol. The molecule has 5 heteroatoms. The van der Waals surface area contributed by atoms with Crippen molar-refractivity contribution in [1.29, 1.82) is 5.26 Å². The van der Waals surface area contributed by atoms with E-state index in [9.17, 15) is 14.9 Å². The number of rotatable bonds is 8. The first kappa shape index (κ1) is 20.2. The van der Waals surface area contributed by atoms with Crippen LogP contribution >= 0.6 is 0 Å². The fourth-order valence-corrected chi connectivity index (χ4v) is 2.91. The lowest BCUT2D eigenvalue weighted by atomic mass is 9.95. The molecule has 5 nitrogen and oxygen atoms in total. The Morgan fingerprint density at radius 1 is 1.00 bits per heavy atom. The predicted molar refractivity (Wildman–Crippen MR) is 106 cm³/mol. The van der Waals surface area contributed by atoms with E-state index in [-0.39, 0.29) is 18.4 Å². The summed E-state index contributed by atoms with van der Waals surface area (Å²) in [5, 5.41) is 12.2. The van der Waals surface area contributed by atoms with E-state index in [4.69, 9.17) is 0 Å². The monoisotopic (exact) mass is 363 g/mol. The van der Waals surface area contributed by atoms with E-state index in [0.717, 1.165) is 18.4 Å². The Hall–Kier alpha value is -3.13. The van der Waals surface area contributed by atoms with Crippen LogP contribution in [0.25, 0.3) is 11.1 Å². The molecule has 0 bridgehead atoms. The van der Waals surface area contributed by atoms with Gasteiger partial charge in [0.05, 0.1) is 18.2 Å². The highest BCUT2D eigenvalue weighted by Gasteiger charge is 2.21. The molecule has 140 valence electrons. The lowest BCUT2D eigenvalue weighted by Gasteiger charge is -2.23. The second kappa shape index (κ2) is 10.1. The van der Waals surface area contributed by atoms with E-state index < -0.39 is 0 Å². The molecule has 2 rings (SSSR count). The summed E-state index contributed by atoms with van der Waals surface area (Å²) in [5.74, 6) is -0.361. The third-order valence-electron chi connectivity index (χ3n) is 4.18. The minimum Gasteiger partial charge on any atom is -0.355 e. The van der Waals surface area contributed by atoms with Gasteiger partial charge in [0.15, 0.2) is 0 Å². The van der Waals surface area contributed by atoms with Crippen LogP contribution in [0.15, 0.2) is 48.5 Å². The molecule has 0 aliphatic carbocycles. The molecule has 2 aromatic rings. The van der Waals surface area contributed by atoms with Gasteiger partial charge in [-0.15, -0.1) is 0 Å². The van der Waals surface area contributed by atoms with Crippen molar-refractivity contribution in [2.24, 2.45) is 0 Å². The molecule has 0 heterocycles. The van der Waals surface area contributed by atoms with Gasteiger partial charge >= 0.3 is 0 Å². The smallest absolute Gasteiger partial charge is 0.254 e. The van der Waals surface area contributed by atoms with Gasteiger partial charge < -0.3 is 10.2 Å². The summed E-state index contributed by atoms with van der Waals surface area (Å²) in [7, 11) is 0. The van der Waals surface area contributed by atoms with E-state index in [0.29, 0.717) is 29.8 Å². The Labute approximate surface area is 160 Å². The fraction of sp³-hybridized carbons (Fsp3) is 0.318. The topological polar surface area (TPSA) is 73.2 Å². The first-order valence-electron chi connectivity index (χ1n) is 9.26. The number of carbonyl (C=O) groups is 2. The largest absolute Gasteiger partial charge is 0.355 e. The molecule has 0 radical (unpaired) electrons. The lowest BCUT2D eigenvalue weighted by molar-refractivity contribution is -0.121. The van der Waals surface area contributed by atoms with Crippen molar-refractivity contribution in [2.45, 2.75) is 26.7 Å². The summed E-state index contributed by atoms with van der Waals surface area (Å²) in [6.07, 6.45) is 1.60. The molecule has 0 fully saturated rings. The zero-order valence-electron chi connectivity index (χ0n) is 15.9. The molecule has 0 saturated heterocycles. The van der Waals surface area contributed by atoms with Gasteiger partial charge in [-0.3, -0.25) is 9.59 Å². The molecule has 1 N–H and O–H groups in total. The standard InChI is InChI=1S/C22H25N3O2/c1-3-13-24-21(26)16-25(14-4-2)22(27)20-12-8-7-11-19(20)18-10-6-5-9-17(18)15-23/h5-12H,3-4,13-14,16H2,1-2H3,(H,24,26). The number of nitrogens with one attached hydrogen (secondary N) is 1. The Balaban J connectivity index is 2.37. The number of nitrogens with zero attached hydrogens (tertiary/aromatic N) is 2. The normalized spacial score (nSPS) is 10.1. The van der Waals surface area contributed by atoms with Crippen LogP contribution in [0.5, 0.6) is 0 Å². The van der Waals surface area contributed by atoms with E-state index in [1.807, 2.05) is 38.1 Å². The zero-order chi connectivity index (χ0) is 19.6. The maximum atomic E-state index is 13.2. The maximum absolute atomic E-state index is 13.2. The third kappa shape index (κ3) is 5.18. The van der Waals surface area contributed by atoms with Crippen molar-refractivity contribution in [1.82, 2.24) is 10.2 Å². The first-order valence-corrected chi connectivity index (χ1v) is 9.26.